The fourth-order valence-electron chi connectivity index (χ4n) is 2.02. The molecule has 0 unspecified atom stereocenters. The molecule has 8 nitrogen and oxygen atoms in total. The number of carbonyl (C=O) groups is 1. The van der Waals surface area contributed by atoms with E-state index in [4.69, 9.17) is 4.74 Å². The number of aromatic nitrogens is 2. The highest BCUT2D eigenvalue weighted by Crippen LogP contribution is 2.19. The van der Waals surface area contributed by atoms with Gasteiger partial charge in [0.2, 0.25) is 5.88 Å². The molecule has 2 N–H and O–H groups in total. The summed E-state index contributed by atoms with van der Waals surface area (Å²) in [7, 11) is -2.41. The molecule has 0 bridgehead atoms. The van der Waals surface area contributed by atoms with Crippen molar-refractivity contribution in [1.82, 2.24) is 9.97 Å². The summed E-state index contributed by atoms with van der Waals surface area (Å²) in [4.78, 5) is 20.3. The van der Waals surface area contributed by atoms with E-state index in [1.54, 1.807) is 17.5 Å². The van der Waals surface area contributed by atoms with Gasteiger partial charge in [0.05, 0.1) is 16.9 Å². The van der Waals surface area contributed by atoms with Gasteiger partial charge in [-0.3, -0.25) is 9.52 Å². The van der Waals surface area contributed by atoms with Crippen LogP contribution in [0, 0.1) is 0 Å². The van der Waals surface area contributed by atoms with Crippen LogP contribution in [0.25, 0.3) is 0 Å². The molecule has 0 aliphatic rings. The Morgan fingerprint density at radius 3 is 2.58 bits per heavy atom. The summed E-state index contributed by atoms with van der Waals surface area (Å²) in [5, 5.41) is 4.51. The Morgan fingerprint density at radius 1 is 1.15 bits per heavy atom. The summed E-state index contributed by atoms with van der Waals surface area (Å²) in [6, 6.07) is 10.7. The quantitative estimate of drug-likeness (QED) is 0.669. The van der Waals surface area contributed by atoms with Crippen molar-refractivity contribution in [3.63, 3.8) is 0 Å². The summed E-state index contributed by atoms with van der Waals surface area (Å²) in [5.41, 5.74) is 0.492. The van der Waals surface area contributed by atoms with E-state index in [1.807, 2.05) is 0 Å². The molecule has 2 heterocycles. The average Bonchev–Trinajstić information content (AvgIpc) is 3.17. The number of nitrogens with zero attached hydrogens (tertiary/aromatic N) is 2. The van der Waals surface area contributed by atoms with Gasteiger partial charge in [0.1, 0.15) is 12.1 Å². The second kappa shape index (κ2) is 7.50. The normalized spacial score (nSPS) is 11.0. The van der Waals surface area contributed by atoms with Crippen LogP contribution in [0.4, 0.5) is 11.5 Å². The van der Waals surface area contributed by atoms with Crippen molar-refractivity contribution in [2.45, 2.75) is 4.90 Å². The van der Waals surface area contributed by atoms with Crippen LogP contribution in [0.5, 0.6) is 5.88 Å². The van der Waals surface area contributed by atoms with Crippen molar-refractivity contribution in [3.8, 4) is 5.88 Å². The number of hydrogen-bond acceptors (Lipinski definition) is 7. The predicted molar refractivity (Wildman–Crippen MR) is 98.1 cm³/mol. The molecule has 3 aromatic rings. The van der Waals surface area contributed by atoms with E-state index in [0.29, 0.717) is 10.6 Å². The lowest BCUT2D eigenvalue weighted by molar-refractivity contribution is 0.103. The van der Waals surface area contributed by atoms with Crippen LogP contribution in [0.15, 0.2) is 59.1 Å². The number of nitrogens with one attached hydrogen (secondary N) is 2. The van der Waals surface area contributed by atoms with Gasteiger partial charge in [-0.15, -0.1) is 11.3 Å². The second-order valence-corrected chi connectivity index (χ2v) is 7.64. The van der Waals surface area contributed by atoms with Gasteiger partial charge in [-0.2, -0.15) is 0 Å². The minimum atomic E-state index is -3.83. The van der Waals surface area contributed by atoms with Crippen LogP contribution in [-0.2, 0) is 10.0 Å². The first-order valence-corrected chi connectivity index (χ1v) is 9.68. The standard InChI is InChI=1S/C16H14N4O4S2/c1-24-15-9-14(17-10-18-15)20-26(22,23)12-6-4-11(5-7-12)19-16(21)13-3-2-8-25-13/h2-10H,1H3,(H,19,21)(H,17,18,20). The van der Waals surface area contributed by atoms with Crippen molar-refractivity contribution >= 4 is 38.8 Å². The van der Waals surface area contributed by atoms with Gasteiger partial charge in [0.15, 0.2) is 0 Å². The lowest BCUT2D eigenvalue weighted by Crippen LogP contribution is -2.14. The Bertz CT molecular complexity index is 1000. The number of benzene rings is 1. The smallest absolute Gasteiger partial charge is 0.265 e. The number of methoxy groups -OCH3 is 1. The maximum Gasteiger partial charge on any atom is 0.265 e. The topological polar surface area (TPSA) is 110 Å². The summed E-state index contributed by atoms with van der Waals surface area (Å²) < 4.78 is 32.1. The van der Waals surface area contributed by atoms with Crippen molar-refractivity contribution in [3.05, 3.63) is 59.0 Å². The van der Waals surface area contributed by atoms with E-state index >= 15 is 0 Å². The number of rotatable bonds is 6. The molecule has 0 radical (unpaired) electrons. The first-order chi connectivity index (χ1) is 12.5. The van der Waals surface area contributed by atoms with Gasteiger partial charge in [0, 0.05) is 11.8 Å². The molecule has 0 fully saturated rings. The maximum atomic E-state index is 12.4. The predicted octanol–water partition coefficient (Wildman–Crippen LogP) is 2.60. The molecule has 1 amide bonds. The first kappa shape index (κ1) is 17.8. The highest BCUT2D eigenvalue weighted by atomic mass is 32.2. The molecule has 1 aromatic carbocycles. The Kier molecular flexibility index (Phi) is 5.14. The highest BCUT2D eigenvalue weighted by molar-refractivity contribution is 7.92. The summed E-state index contributed by atoms with van der Waals surface area (Å²) in [6.45, 7) is 0. The van der Waals surface area contributed by atoms with Gasteiger partial charge >= 0.3 is 0 Å². The largest absolute Gasteiger partial charge is 0.481 e. The molecule has 0 saturated heterocycles. The van der Waals surface area contributed by atoms with E-state index in [2.05, 4.69) is 20.0 Å². The number of amides is 1. The number of sulfonamides is 1. The number of ether oxygens (including phenoxy) is 1. The SMILES string of the molecule is COc1cc(NS(=O)(=O)c2ccc(NC(=O)c3cccs3)cc2)ncn1. The molecule has 0 aliphatic heterocycles. The Morgan fingerprint density at radius 2 is 1.92 bits per heavy atom. The van der Waals surface area contributed by atoms with E-state index in [9.17, 15) is 13.2 Å². The third-order valence-electron chi connectivity index (χ3n) is 3.26. The minimum absolute atomic E-state index is 0.0317. The van der Waals surface area contributed by atoms with Crippen molar-refractivity contribution < 1.29 is 17.9 Å². The first-order valence-electron chi connectivity index (χ1n) is 7.32. The fraction of sp³-hybridized carbons (Fsp3) is 0.0625. The zero-order valence-electron chi connectivity index (χ0n) is 13.5. The Balaban J connectivity index is 1.73. The highest BCUT2D eigenvalue weighted by Gasteiger charge is 2.16. The van der Waals surface area contributed by atoms with Crippen LogP contribution < -0.4 is 14.8 Å². The van der Waals surface area contributed by atoms with E-state index in [1.165, 1.54) is 55.1 Å². The molecular weight excluding hydrogens is 376 g/mol. The van der Waals surface area contributed by atoms with Gasteiger partial charge in [-0.1, -0.05) is 6.07 Å². The Labute approximate surface area is 153 Å². The minimum Gasteiger partial charge on any atom is -0.481 e. The Hall–Kier alpha value is -2.98. The number of hydrogen-bond donors (Lipinski definition) is 2. The second-order valence-electron chi connectivity index (χ2n) is 5.01. The molecule has 26 heavy (non-hydrogen) atoms. The lowest BCUT2D eigenvalue weighted by atomic mass is 10.3. The average molecular weight is 390 g/mol. The van der Waals surface area contributed by atoms with Crippen LogP contribution in [0.3, 0.4) is 0 Å². The molecule has 2 aromatic heterocycles. The lowest BCUT2D eigenvalue weighted by Gasteiger charge is -2.09. The molecule has 0 atom stereocenters. The van der Waals surface area contributed by atoms with Crippen molar-refractivity contribution in [2.75, 3.05) is 17.1 Å². The number of anilines is 2. The van der Waals surface area contributed by atoms with E-state index in [-0.39, 0.29) is 22.5 Å². The molecule has 10 heteroatoms. The monoisotopic (exact) mass is 390 g/mol. The summed E-state index contributed by atoms with van der Waals surface area (Å²) >= 11 is 1.32. The summed E-state index contributed by atoms with van der Waals surface area (Å²) in [6.07, 6.45) is 1.19. The van der Waals surface area contributed by atoms with E-state index in [0.717, 1.165) is 0 Å². The molecule has 3 rings (SSSR count). The fourth-order valence-corrected chi connectivity index (χ4v) is 3.64. The number of thiophene rings is 1. The van der Waals surface area contributed by atoms with Gasteiger partial charge in [-0.25, -0.2) is 18.4 Å². The van der Waals surface area contributed by atoms with Gasteiger partial charge < -0.3 is 10.1 Å². The van der Waals surface area contributed by atoms with Crippen LogP contribution in [0.2, 0.25) is 0 Å². The maximum absolute atomic E-state index is 12.4. The van der Waals surface area contributed by atoms with Crippen LogP contribution >= 0.6 is 11.3 Å². The van der Waals surface area contributed by atoms with Crippen molar-refractivity contribution in [1.29, 1.82) is 0 Å². The zero-order chi connectivity index (χ0) is 18.6. The molecule has 0 spiro atoms. The third-order valence-corrected chi connectivity index (χ3v) is 5.50. The third kappa shape index (κ3) is 4.16. The molecule has 0 saturated carbocycles. The molecule has 134 valence electrons. The molecule has 0 aliphatic carbocycles. The van der Waals surface area contributed by atoms with Gasteiger partial charge in [0.25, 0.3) is 15.9 Å². The van der Waals surface area contributed by atoms with Gasteiger partial charge in [-0.05, 0) is 35.7 Å². The van der Waals surface area contributed by atoms with E-state index < -0.39 is 10.0 Å². The molecular formula is C16H14N4O4S2. The van der Waals surface area contributed by atoms with Crippen LogP contribution in [-0.4, -0.2) is 31.4 Å². The van der Waals surface area contributed by atoms with Crippen LogP contribution in [0.1, 0.15) is 9.67 Å². The number of carbonyl (C=O) groups excluding carboxylic acids is 1. The summed E-state index contributed by atoms with van der Waals surface area (Å²) in [5.74, 6) is 0.0816. The zero-order valence-corrected chi connectivity index (χ0v) is 15.2. The van der Waals surface area contributed by atoms with Crippen molar-refractivity contribution in [2.24, 2.45) is 0 Å².